The minimum Gasteiger partial charge on any atom is -0.388 e. The van der Waals surface area contributed by atoms with Crippen molar-refractivity contribution < 1.29 is 9.50 Å². The fourth-order valence-electron chi connectivity index (χ4n) is 1.72. The van der Waals surface area contributed by atoms with Gasteiger partial charge in [-0.25, -0.2) is 4.39 Å². The average Bonchev–Trinajstić information content (AvgIpc) is 2.32. The first-order valence-electron chi connectivity index (χ1n) is 5.44. The number of hydrogen-bond donors (Lipinski definition) is 1. The Kier molecular flexibility index (Phi) is 4.38. The second-order valence-corrected chi connectivity index (χ2v) is 5.28. The highest BCUT2D eigenvalue weighted by atomic mass is 79.9. The zero-order valence-electron chi connectivity index (χ0n) is 9.41. The van der Waals surface area contributed by atoms with Crippen LogP contribution in [0.5, 0.6) is 0 Å². The molecule has 0 radical (unpaired) electrons. The minimum atomic E-state index is -0.697. The molecule has 2 rings (SSSR count). The summed E-state index contributed by atoms with van der Waals surface area (Å²) < 4.78 is 13.8. The Balaban J connectivity index is 2.16. The van der Waals surface area contributed by atoms with Crippen molar-refractivity contribution in [2.75, 3.05) is 0 Å². The molecule has 0 bridgehead atoms. The van der Waals surface area contributed by atoms with Crippen LogP contribution in [-0.4, -0.2) is 5.11 Å². The predicted molar refractivity (Wildman–Crippen MR) is 74.2 cm³/mol. The first kappa shape index (κ1) is 13.5. The molecular formula is C14H11BrClFO. The number of hydrogen-bond acceptors (Lipinski definition) is 1. The van der Waals surface area contributed by atoms with Gasteiger partial charge in [0.25, 0.3) is 0 Å². The Morgan fingerprint density at radius 1 is 1.22 bits per heavy atom. The Morgan fingerprint density at radius 2 is 2.00 bits per heavy atom. The standard InChI is InChI=1S/C14H11BrClFO/c15-12-5-4-10(8-13(12)16)14(18)7-9-2-1-3-11(17)6-9/h1-6,8,14,18H,7H2. The zero-order chi connectivity index (χ0) is 13.1. The molecule has 0 aromatic heterocycles. The third-order valence-corrected chi connectivity index (χ3v) is 3.88. The third kappa shape index (κ3) is 3.31. The molecule has 0 heterocycles. The Hall–Kier alpha value is -0.900. The van der Waals surface area contributed by atoms with Gasteiger partial charge in [-0.15, -0.1) is 0 Å². The molecule has 0 aliphatic rings. The lowest BCUT2D eigenvalue weighted by Gasteiger charge is -2.12. The molecule has 1 unspecified atom stereocenters. The van der Waals surface area contributed by atoms with Crippen LogP contribution in [-0.2, 0) is 6.42 Å². The van der Waals surface area contributed by atoms with E-state index in [1.807, 2.05) is 0 Å². The van der Waals surface area contributed by atoms with Crippen molar-refractivity contribution in [3.63, 3.8) is 0 Å². The predicted octanol–water partition coefficient (Wildman–Crippen LogP) is 4.52. The summed E-state index contributed by atoms with van der Waals surface area (Å²) in [5, 5.41) is 10.6. The van der Waals surface area contributed by atoms with E-state index in [1.54, 1.807) is 30.3 Å². The summed E-state index contributed by atoms with van der Waals surface area (Å²) in [6, 6.07) is 11.5. The Morgan fingerprint density at radius 3 is 2.67 bits per heavy atom. The molecule has 0 saturated carbocycles. The number of halogens is 3. The van der Waals surface area contributed by atoms with Gasteiger partial charge in [-0.3, -0.25) is 0 Å². The Bertz CT molecular complexity index is 559. The van der Waals surface area contributed by atoms with Gasteiger partial charge in [-0.2, -0.15) is 0 Å². The van der Waals surface area contributed by atoms with Gasteiger partial charge in [-0.05, 0) is 51.3 Å². The van der Waals surface area contributed by atoms with Crippen LogP contribution in [0.4, 0.5) is 4.39 Å². The highest BCUT2D eigenvalue weighted by Gasteiger charge is 2.10. The van der Waals surface area contributed by atoms with Crippen molar-refractivity contribution in [1.29, 1.82) is 0 Å². The van der Waals surface area contributed by atoms with E-state index in [4.69, 9.17) is 11.6 Å². The van der Waals surface area contributed by atoms with Crippen molar-refractivity contribution >= 4 is 27.5 Å². The quantitative estimate of drug-likeness (QED) is 0.878. The van der Waals surface area contributed by atoms with Gasteiger partial charge in [0.05, 0.1) is 11.1 Å². The van der Waals surface area contributed by atoms with Gasteiger partial charge in [-0.1, -0.05) is 29.8 Å². The summed E-state index contributed by atoms with van der Waals surface area (Å²) in [6.45, 7) is 0. The van der Waals surface area contributed by atoms with Gasteiger partial charge >= 0.3 is 0 Å². The molecule has 2 aromatic carbocycles. The highest BCUT2D eigenvalue weighted by Crippen LogP contribution is 2.27. The van der Waals surface area contributed by atoms with E-state index in [-0.39, 0.29) is 5.82 Å². The molecule has 1 nitrogen and oxygen atoms in total. The topological polar surface area (TPSA) is 20.2 Å². The van der Waals surface area contributed by atoms with Crippen molar-refractivity contribution in [2.45, 2.75) is 12.5 Å². The van der Waals surface area contributed by atoms with Crippen molar-refractivity contribution in [3.05, 3.63) is 68.9 Å². The lowest BCUT2D eigenvalue weighted by atomic mass is 10.0. The maximum absolute atomic E-state index is 13.0. The molecule has 0 spiro atoms. The monoisotopic (exact) mass is 328 g/mol. The molecule has 2 aromatic rings. The Labute approximate surface area is 118 Å². The molecule has 0 aliphatic heterocycles. The summed E-state index contributed by atoms with van der Waals surface area (Å²) in [5.74, 6) is -0.298. The van der Waals surface area contributed by atoms with Gasteiger partial charge in [0, 0.05) is 10.9 Å². The SMILES string of the molecule is OC(Cc1cccc(F)c1)c1ccc(Br)c(Cl)c1. The first-order chi connectivity index (χ1) is 8.56. The van der Waals surface area contributed by atoms with Gasteiger partial charge in [0.15, 0.2) is 0 Å². The normalized spacial score (nSPS) is 12.4. The van der Waals surface area contributed by atoms with Crippen LogP contribution in [0.15, 0.2) is 46.9 Å². The summed E-state index contributed by atoms with van der Waals surface area (Å²) in [5.41, 5.74) is 1.47. The molecule has 0 saturated heterocycles. The van der Waals surface area contributed by atoms with E-state index in [0.717, 1.165) is 10.0 Å². The van der Waals surface area contributed by atoms with Crippen molar-refractivity contribution in [1.82, 2.24) is 0 Å². The van der Waals surface area contributed by atoms with Crippen LogP contribution in [0.2, 0.25) is 5.02 Å². The number of aliphatic hydroxyl groups is 1. The number of benzene rings is 2. The first-order valence-corrected chi connectivity index (χ1v) is 6.61. The van der Waals surface area contributed by atoms with E-state index < -0.39 is 6.10 Å². The number of aliphatic hydroxyl groups excluding tert-OH is 1. The van der Waals surface area contributed by atoms with E-state index in [1.165, 1.54) is 12.1 Å². The van der Waals surface area contributed by atoms with E-state index in [0.29, 0.717) is 17.0 Å². The zero-order valence-corrected chi connectivity index (χ0v) is 11.7. The molecule has 0 amide bonds. The van der Waals surface area contributed by atoms with Crippen LogP contribution in [0, 0.1) is 5.82 Å². The molecule has 1 atom stereocenters. The van der Waals surface area contributed by atoms with Gasteiger partial charge < -0.3 is 5.11 Å². The number of rotatable bonds is 3. The smallest absolute Gasteiger partial charge is 0.123 e. The molecule has 18 heavy (non-hydrogen) atoms. The van der Waals surface area contributed by atoms with Crippen LogP contribution < -0.4 is 0 Å². The van der Waals surface area contributed by atoms with Gasteiger partial charge in [0.2, 0.25) is 0 Å². The average molecular weight is 330 g/mol. The lowest BCUT2D eigenvalue weighted by Crippen LogP contribution is -2.02. The maximum atomic E-state index is 13.0. The lowest BCUT2D eigenvalue weighted by molar-refractivity contribution is 0.178. The van der Waals surface area contributed by atoms with E-state index in [2.05, 4.69) is 15.9 Å². The van der Waals surface area contributed by atoms with Crippen LogP contribution in [0.25, 0.3) is 0 Å². The highest BCUT2D eigenvalue weighted by molar-refractivity contribution is 9.10. The fraction of sp³-hybridized carbons (Fsp3) is 0.143. The van der Waals surface area contributed by atoms with E-state index in [9.17, 15) is 9.50 Å². The summed E-state index contributed by atoms with van der Waals surface area (Å²) in [7, 11) is 0. The second-order valence-electron chi connectivity index (χ2n) is 4.02. The van der Waals surface area contributed by atoms with Gasteiger partial charge in [0.1, 0.15) is 5.82 Å². The van der Waals surface area contributed by atoms with Crippen LogP contribution in [0.3, 0.4) is 0 Å². The largest absolute Gasteiger partial charge is 0.388 e. The molecule has 1 N–H and O–H groups in total. The van der Waals surface area contributed by atoms with Crippen molar-refractivity contribution in [2.24, 2.45) is 0 Å². The van der Waals surface area contributed by atoms with E-state index >= 15 is 0 Å². The van der Waals surface area contributed by atoms with Crippen molar-refractivity contribution in [3.8, 4) is 0 Å². The van der Waals surface area contributed by atoms with Crippen LogP contribution >= 0.6 is 27.5 Å². The maximum Gasteiger partial charge on any atom is 0.123 e. The third-order valence-electron chi connectivity index (χ3n) is 2.65. The fourth-order valence-corrected chi connectivity index (χ4v) is 2.16. The van der Waals surface area contributed by atoms with Crippen LogP contribution in [0.1, 0.15) is 17.2 Å². The molecule has 0 aliphatic carbocycles. The minimum absolute atomic E-state index is 0.298. The second kappa shape index (κ2) is 5.83. The molecule has 4 heteroatoms. The summed E-state index contributed by atoms with van der Waals surface area (Å²) in [4.78, 5) is 0. The molecule has 0 fully saturated rings. The summed E-state index contributed by atoms with van der Waals surface area (Å²) in [6.07, 6.45) is -0.340. The molecule has 94 valence electrons. The molecular weight excluding hydrogens is 319 g/mol. The summed E-state index contributed by atoms with van der Waals surface area (Å²) >= 11 is 9.26.